The zero-order valence-corrected chi connectivity index (χ0v) is 12.5. The van der Waals surface area contributed by atoms with Gasteiger partial charge in [0.1, 0.15) is 6.17 Å². The van der Waals surface area contributed by atoms with Gasteiger partial charge in [-0.2, -0.15) is 0 Å². The second kappa shape index (κ2) is 5.19. The van der Waals surface area contributed by atoms with Gasteiger partial charge in [0.25, 0.3) is 0 Å². The average Bonchev–Trinajstić information content (AvgIpc) is 2.95. The van der Waals surface area contributed by atoms with Crippen molar-refractivity contribution in [1.82, 2.24) is 15.1 Å². The van der Waals surface area contributed by atoms with Crippen molar-refractivity contribution in [3.05, 3.63) is 35.4 Å². The molecule has 0 radical (unpaired) electrons. The highest BCUT2D eigenvalue weighted by atomic mass is 16.2. The first kappa shape index (κ1) is 13.6. The number of hydrogen-bond acceptors (Lipinski definition) is 3. The SMILES string of the molecule is Cc1ccccc1C1NC(C)C(=O)N1C1CCN(C)C1. The topological polar surface area (TPSA) is 35.6 Å². The molecule has 2 heterocycles. The highest BCUT2D eigenvalue weighted by Gasteiger charge is 2.42. The largest absolute Gasteiger partial charge is 0.317 e. The standard InChI is InChI=1S/C16H23N3O/c1-11-6-4-5-7-14(11)15-17-12(2)16(20)19(15)13-8-9-18(3)10-13/h4-7,12-13,15,17H,8-10H2,1-3H3. The molecule has 3 atom stereocenters. The van der Waals surface area contributed by atoms with Crippen LogP contribution in [0.2, 0.25) is 0 Å². The molecule has 2 fully saturated rings. The van der Waals surface area contributed by atoms with Crippen LogP contribution in [0.3, 0.4) is 0 Å². The number of rotatable bonds is 2. The van der Waals surface area contributed by atoms with Crippen LogP contribution in [0.4, 0.5) is 0 Å². The highest BCUT2D eigenvalue weighted by molar-refractivity contribution is 5.84. The van der Waals surface area contributed by atoms with Gasteiger partial charge in [-0.15, -0.1) is 0 Å². The smallest absolute Gasteiger partial charge is 0.241 e. The van der Waals surface area contributed by atoms with E-state index in [0.29, 0.717) is 6.04 Å². The normalized spacial score (nSPS) is 31.2. The fourth-order valence-electron chi connectivity index (χ4n) is 3.40. The lowest BCUT2D eigenvalue weighted by atomic mass is 10.0. The second-order valence-corrected chi connectivity index (χ2v) is 6.10. The molecular formula is C16H23N3O. The lowest BCUT2D eigenvalue weighted by Crippen LogP contribution is -2.41. The number of carbonyl (C=O) groups is 1. The van der Waals surface area contributed by atoms with Crippen molar-refractivity contribution in [2.45, 2.75) is 38.5 Å². The maximum absolute atomic E-state index is 12.5. The van der Waals surface area contributed by atoms with Crippen molar-refractivity contribution < 1.29 is 4.79 Å². The number of aryl methyl sites for hydroxylation is 1. The number of benzene rings is 1. The van der Waals surface area contributed by atoms with Gasteiger partial charge in [0.15, 0.2) is 0 Å². The third-order valence-corrected chi connectivity index (χ3v) is 4.55. The first-order chi connectivity index (χ1) is 9.58. The Bertz CT molecular complexity index is 516. The van der Waals surface area contributed by atoms with E-state index in [2.05, 4.69) is 47.3 Å². The second-order valence-electron chi connectivity index (χ2n) is 6.10. The van der Waals surface area contributed by atoms with Gasteiger partial charge in [-0.05, 0) is 45.0 Å². The summed E-state index contributed by atoms with van der Waals surface area (Å²) in [5, 5.41) is 3.46. The summed E-state index contributed by atoms with van der Waals surface area (Å²) in [4.78, 5) is 16.9. The predicted molar refractivity (Wildman–Crippen MR) is 79.3 cm³/mol. The van der Waals surface area contributed by atoms with Gasteiger partial charge in [0.05, 0.1) is 6.04 Å². The molecule has 0 spiro atoms. The van der Waals surface area contributed by atoms with E-state index in [1.165, 1.54) is 11.1 Å². The molecule has 4 nitrogen and oxygen atoms in total. The lowest BCUT2D eigenvalue weighted by Gasteiger charge is -2.31. The van der Waals surface area contributed by atoms with Crippen molar-refractivity contribution >= 4 is 5.91 Å². The summed E-state index contributed by atoms with van der Waals surface area (Å²) in [6.07, 6.45) is 1.09. The first-order valence-corrected chi connectivity index (χ1v) is 7.40. The average molecular weight is 273 g/mol. The van der Waals surface area contributed by atoms with E-state index in [1.54, 1.807) is 0 Å². The summed E-state index contributed by atoms with van der Waals surface area (Å²) in [6, 6.07) is 8.58. The molecule has 1 aromatic rings. The van der Waals surface area contributed by atoms with Crippen LogP contribution in [0.15, 0.2) is 24.3 Å². The Hall–Kier alpha value is -1.39. The van der Waals surface area contributed by atoms with Crippen LogP contribution in [-0.2, 0) is 4.79 Å². The summed E-state index contributed by atoms with van der Waals surface area (Å²) in [7, 11) is 2.13. The Balaban J connectivity index is 1.92. The van der Waals surface area contributed by atoms with E-state index in [0.717, 1.165) is 19.5 Å². The number of carbonyl (C=O) groups excluding carboxylic acids is 1. The third-order valence-electron chi connectivity index (χ3n) is 4.55. The molecule has 0 saturated carbocycles. The van der Waals surface area contributed by atoms with E-state index < -0.39 is 0 Å². The number of amides is 1. The minimum absolute atomic E-state index is 0.0233. The number of likely N-dealkylation sites (N-methyl/N-ethyl adjacent to an activating group) is 1. The monoisotopic (exact) mass is 273 g/mol. The first-order valence-electron chi connectivity index (χ1n) is 7.40. The van der Waals surface area contributed by atoms with Crippen molar-refractivity contribution in [1.29, 1.82) is 0 Å². The van der Waals surface area contributed by atoms with Crippen LogP contribution in [0.1, 0.15) is 30.6 Å². The van der Waals surface area contributed by atoms with Crippen LogP contribution < -0.4 is 5.32 Å². The Morgan fingerprint density at radius 3 is 2.70 bits per heavy atom. The molecule has 2 aliphatic heterocycles. The molecule has 108 valence electrons. The highest BCUT2D eigenvalue weighted by Crippen LogP contribution is 2.32. The number of nitrogens with one attached hydrogen (secondary N) is 1. The molecule has 4 heteroatoms. The predicted octanol–water partition coefficient (Wildman–Crippen LogP) is 1.52. The van der Waals surface area contributed by atoms with E-state index in [-0.39, 0.29) is 18.1 Å². The molecule has 1 N–H and O–H groups in total. The molecular weight excluding hydrogens is 250 g/mol. The molecule has 3 unspecified atom stereocenters. The van der Waals surface area contributed by atoms with Crippen molar-refractivity contribution in [2.75, 3.05) is 20.1 Å². The minimum Gasteiger partial charge on any atom is -0.317 e. The molecule has 1 aromatic carbocycles. The lowest BCUT2D eigenvalue weighted by molar-refractivity contribution is -0.131. The number of hydrogen-bond donors (Lipinski definition) is 1. The van der Waals surface area contributed by atoms with Crippen LogP contribution in [-0.4, -0.2) is 47.9 Å². The van der Waals surface area contributed by atoms with Gasteiger partial charge >= 0.3 is 0 Å². The van der Waals surface area contributed by atoms with Crippen LogP contribution >= 0.6 is 0 Å². The molecule has 2 saturated heterocycles. The zero-order chi connectivity index (χ0) is 14.3. The Kier molecular flexibility index (Phi) is 3.52. The van der Waals surface area contributed by atoms with Gasteiger partial charge in [0, 0.05) is 12.6 Å². The van der Waals surface area contributed by atoms with Crippen molar-refractivity contribution in [2.24, 2.45) is 0 Å². The van der Waals surface area contributed by atoms with E-state index in [1.807, 2.05) is 13.0 Å². The van der Waals surface area contributed by atoms with Crippen LogP contribution in [0.5, 0.6) is 0 Å². The molecule has 0 bridgehead atoms. The maximum Gasteiger partial charge on any atom is 0.241 e. The molecule has 0 aliphatic carbocycles. The summed E-state index contributed by atoms with van der Waals surface area (Å²) < 4.78 is 0. The van der Waals surface area contributed by atoms with Gasteiger partial charge in [0.2, 0.25) is 5.91 Å². The fourth-order valence-corrected chi connectivity index (χ4v) is 3.40. The maximum atomic E-state index is 12.5. The molecule has 1 amide bonds. The Morgan fingerprint density at radius 1 is 1.30 bits per heavy atom. The summed E-state index contributed by atoms with van der Waals surface area (Å²) >= 11 is 0. The molecule has 2 aliphatic rings. The van der Waals surface area contributed by atoms with E-state index >= 15 is 0 Å². The van der Waals surface area contributed by atoms with Crippen molar-refractivity contribution in [3.8, 4) is 0 Å². The van der Waals surface area contributed by atoms with E-state index in [9.17, 15) is 4.79 Å². The zero-order valence-electron chi connectivity index (χ0n) is 12.5. The fraction of sp³-hybridized carbons (Fsp3) is 0.562. The minimum atomic E-state index is -0.0921. The summed E-state index contributed by atoms with van der Waals surface area (Å²) in [5.74, 6) is 0.235. The van der Waals surface area contributed by atoms with Gasteiger partial charge in [-0.3, -0.25) is 10.1 Å². The van der Waals surface area contributed by atoms with Gasteiger partial charge in [-0.1, -0.05) is 24.3 Å². The third kappa shape index (κ3) is 2.23. The molecule has 3 rings (SSSR count). The summed E-state index contributed by atoms with van der Waals surface area (Å²) in [5.41, 5.74) is 2.46. The van der Waals surface area contributed by atoms with Gasteiger partial charge in [-0.25, -0.2) is 0 Å². The van der Waals surface area contributed by atoms with Crippen molar-refractivity contribution in [3.63, 3.8) is 0 Å². The van der Waals surface area contributed by atoms with Gasteiger partial charge < -0.3 is 9.80 Å². The molecule has 20 heavy (non-hydrogen) atoms. The van der Waals surface area contributed by atoms with E-state index in [4.69, 9.17) is 0 Å². The van der Waals surface area contributed by atoms with Crippen LogP contribution in [0.25, 0.3) is 0 Å². The number of nitrogens with zero attached hydrogens (tertiary/aromatic N) is 2. The Labute approximate surface area is 120 Å². The number of likely N-dealkylation sites (tertiary alicyclic amines) is 1. The van der Waals surface area contributed by atoms with Crippen LogP contribution in [0, 0.1) is 6.92 Å². The quantitative estimate of drug-likeness (QED) is 0.887. The Morgan fingerprint density at radius 2 is 2.05 bits per heavy atom. The molecule has 0 aromatic heterocycles. The summed E-state index contributed by atoms with van der Waals surface area (Å²) in [6.45, 7) is 6.13.